The van der Waals surface area contributed by atoms with E-state index in [0.29, 0.717) is 37.2 Å². The summed E-state index contributed by atoms with van der Waals surface area (Å²) >= 11 is 0. The summed E-state index contributed by atoms with van der Waals surface area (Å²) in [5, 5.41) is 14.8. The molecule has 0 radical (unpaired) electrons. The average molecular weight is 363 g/mol. The number of nitrogens with zero attached hydrogens (tertiary/aromatic N) is 7. The number of aromatic nitrogens is 6. The van der Waals surface area contributed by atoms with Crippen LogP contribution in [0.15, 0.2) is 10.9 Å². The molecule has 1 fully saturated rings. The average Bonchev–Trinajstić information content (AvgIpc) is 3.27. The van der Waals surface area contributed by atoms with Gasteiger partial charge in [0.15, 0.2) is 5.82 Å². The van der Waals surface area contributed by atoms with Gasteiger partial charge in [-0.25, -0.2) is 4.68 Å². The minimum atomic E-state index is 0.00194. The van der Waals surface area contributed by atoms with Gasteiger partial charge in [0.2, 0.25) is 11.8 Å². The van der Waals surface area contributed by atoms with Crippen LogP contribution in [0.1, 0.15) is 38.4 Å². The lowest BCUT2D eigenvalue weighted by Gasteiger charge is -2.32. The summed E-state index contributed by atoms with van der Waals surface area (Å²) in [6.07, 6.45) is 4.73. The normalized spacial score (nSPS) is 17.8. The molecule has 1 unspecified atom stereocenters. The van der Waals surface area contributed by atoms with Gasteiger partial charge in [-0.05, 0) is 29.2 Å². The fourth-order valence-corrected chi connectivity index (χ4v) is 2.93. The summed E-state index contributed by atoms with van der Waals surface area (Å²) in [5.41, 5.74) is 0. The first-order chi connectivity index (χ1) is 12.6. The van der Waals surface area contributed by atoms with Crippen molar-refractivity contribution in [3.8, 4) is 0 Å². The molecule has 1 aliphatic heterocycles. The second-order valence-electron chi connectivity index (χ2n) is 6.93. The van der Waals surface area contributed by atoms with Crippen LogP contribution in [0.3, 0.4) is 0 Å². The summed E-state index contributed by atoms with van der Waals surface area (Å²) in [6.45, 7) is 6.22. The smallest absolute Gasteiger partial charge is 0.244 e. The Labute approximate surface area is 151 Å². The van der Waals surface area contributed by atoms with Crippen molar-refractivity contribution in [2.75, 3.05) is 19.7 Å². The molecule has 3 heterocycles. The Hall–Kier alpha value is -2.36. The maximum Gasteiger partial charge on any atom is 0.244 e. The predicted octanol–water partition coefficient (Wildman–Crippen LogP) is 0.505. The number of tetrazole rings is 1. The maximum absolute atomic E-state index is 12.3. The summed E-state index contributed by atoms with van der Waals surface area (Å²) in [5.74, 6) is 1.83. The van der Waals surface area contributed by atoms with Crippen LogP contribution in [0.4, 0.5) is 0 Å². The van der Waals surface area contributed by atoms with Gasteiger partial charge in [-0.2, -0.15) is 4.98 Å². The van der Waals surface area contributed by atoms with Crippen molar-refractivity contribution < 1.29 is 14.1 Å². The number of hydrogen-bond acceptors (Lipinski definition) is 8. The van der Waals surface area contributed by atoms with E-state index in [1.165, 1.54) is 11.0 Å². The lowest BCUT2D eigenvalue weighted by molar-refractivity contribution is -0.136. The molecular formula is C16H25N7O3. The molecule has 10 heteroatoms. The van der Waals surface area contributed by atoms with Gasteiger partial charge >= 0.3 is 0 Å². The number of carbonyl (C=O) groups excluding carboxylic acids is 1. The first kappa shape index (κ1) is 18.4. The van der Waals surface area contributed by atoms with Crippen molar-refractivity contribution in [1.29, 1.82) is 0 Å². The highest BCUT2D eigenvalue weighted by Crippen LogP contribution is 2.14. The minimum absolute atomic E-state index is 0.00194. The Kier molecular flexibility index (Phi) is 6.26. The molecule has 0 saturated carbocycles. The van der Waals surface area contributed by atoms with Crippen molar-refractivity contribution >= 4 is 5.91 Å². The van der Waals surface area contributed by atoms with Gasteiger partial charge in [0.1, 0.15) is 12.9 Å². The van der Waals surface area contributed by atoms with Gasteiger partial charge < -0.3 is 14.2 Å². The van der Waals surface area contributed by atoms with E-state index in [1.807, 2.05) is 4.90 Å². The highest BCUT2D eigenvalue weighted by molar-refractivity contribution is 5.76. The zero-order chi connectivity index (χ0) is 18.4. The molecule has 3 rings (SSSR count). The Morgan fingerprint density at radius 3 is 3.12 bits per heavy atom. The maximum atomic E-state index is 12.3. The van der Waals surface area contributed by atoms with E-state index in [1.54, 1.807) is 0 Å². The molecule has 0 aliphatic carbocycles. The Bertz CT molecular complexity index is 686. The van der Waals surface area contributed by atoms with Gasteiger partial charge in [0.05, 0.1) is 12.7 Å². The highest BCUT2D eigenvalue weighted by Gasteiger charge is 2.24. The summed E-state index contributed by atoms with van der Waals surface area (Å²) in [7, 11) is 0. The molecule has 2 aromatic rings. The highest BCUT2D eigenvalue weighted by atomic mass is 16.5. The third-order valence-corrected chi connectivity index (χ3v) is 4.19. The van der Waals surface area contributed by atoms with Crippen LogP contribution in [0.25, 0.3) is 0 Å². The van der Waals surface area contributed by atoms with Crippen molar-refractivity contribution in [3.63, 3.8) is 0 Å². The van der Waals surface area contributed by atoms with E-state index in [4.69, 9.17) is 9.26 Å². The number of likely N-dealkylation sites (tertiary alicyclic amines) is 1. The Morgan fingerprint density at radius 1 is 1.46 bits per heavy atom. The zero-order valence-corrected chi connectivity index (χ0v) is 15.2. The van der Waals surface area contributed by atoms with E-state index in [2.05, 4.69) is 39.5 Å². The lowest BCUT2D eigenvalue weighted by atomic mass is 10.1. The number of hydrogen-bond donors (Lipinski definition) is 0. The van der Waals surface area contributed by atoms with Crippen LogP contribution in [0, 0.1) is 5.92 Å². The third-order valence-electron chi connectivity index (χ3n) is 4.19. The molecule has 1 amide bonds. The van der Waals surface area contributed by atoms with Crippen molar-refractivity contribution in [2.24, 2.45) is 5.92 Å². The first-order valence-electron chi connectivity index (χ1n) is 9.01. The first-order valence-corrected chi connectivity index (χ1v) is 9.01. The van der Waals surface area contributed by atoms with Gasteiger partial charge in [-0.15, -0.1) is 5.10 Å². The summed E-state index contributed by atoms with van der Waals surface area (Å²) in [4.78, 5) is 18.5. The molecule has 1 saturated heterocycles. The summed E-state index contributed by atoms with van der Waals surface area (Å²) in [6, 6.07) is 0. The van der Waals surface area contributed by atoms with Gasteiger partial charge in [0, 0.05) is 25.9 Å². The molecule has 0 spiro atoms. The Balaban J connectivity index is 1.40. The second kappa shape index (κ2) is 8.84. The van der Waals surface area contributed by atoms with Crippen LogP contribution >= 0.6 is 0 Å². The Morgan fingerprint density at radius 2 is 2.35 bits per heavy atom. The fourth-order valence-electron chi connectivity index (χ4n) is 2.93. The largest absolute Gasteiger partial charge is 0.376 e. The minimum Gasteiger partial charge on any atom is -0.376 e. The molecular weight excluding hydrogens is 338 g/mol. The van der Waals surface area contributed by atoms with Crippen LogP contribution < -0.4 is 0 Å². The van der Waals surface area contributed by atoms with Crippen LogP contribution in [-0.2, 0) is 28.9 Å². The number of carbonyl (C=O) groups is 1. The second-order valence-corrected chi connectivity index (χ2v) is 6.93. The van der Waals surface area contributed by atoms with E-state index >= 15 is 0 Å². The van der Waals surface area contributed by atoms with Crippen molar-refractivity contribution in [1.82, 2.24) is 35.2 Å². The molecule has 1 atom stereocenters. The van der Waals surface area contributed by atoms with E-state index < -0.39 is 0 Å². The predicted molar refractivity (Wildman–Crippen MR) is 89.9 cm³/mol. The molecule has 0 aromatic carbocycles. The SMILES string of the molecule is CC(C)Cc1nc(CCOC2CCCN(C(=O)Cn3cnnn3)C2)no1. The van der Waals surface area contributed by atoms with E-state index in [0.717, 1.165) is 25.8 Å². The molecule has 10 nitrogen and oxygen atoms in total. The van der Waals surface area contributed by atoms with Gasteiger partial charge in [-0.3, -0.25) is 4.79 Å². The molecule has 1 aliphatic rings. The van der Waals surface area contributed by atoms with Crippen LogP contribution in [0.2, 0.25) is 0 Å². The van der Waals surface area contributed by atoms with Crippen molar-refractivity contribution in [2.45, 2.75) is 52.2 Å². The van der Waals surface area contributed by atoms with Crippen LogP contribution in [0.5, 0.6) is 0 Å². The molecule has 26 heavy (non-hydrogen) atoms. The van der Waals surface area contributed by atoms with Gasteiger partial charge in [0.25, 0.3) is 0 Å². The van der Waals surface area contributed by atoms with Crippen LogP contribution in [-0.4, -0.2) is 67.0 Å². The third kappa shape index (κ3) is 5.32. The number of piperidine rings is 1. The number of amides is 1. The fraction of sp³-hybridized carbons (Fsp3) is 0.750. The quantitative estimate of drug-likeness (QED) is 0.666. The topological polar surface area (TPSA) is 112 Å². The molecule has 0 N–H and O–H groups in total. The van der Waals surface area contributed by atoms with E-state index in [-0.39, 0.29) is 18.6 Å². The molecule has 2 aromatic heterocycles. The summed E-state index contributed by atoms with van der Waals surface area (Å²) < 4.78 is 12.6. The monoisotopic (exact) mass is 363 g/mol. The number of ether oxygens (including phenoxy) is 1. The van der Waals surface area contributed by atoms with E-state index in [9.17, 15) is 4.79 Å². The number of rotatable bonds is 8. The molecule has 0 bridgehead atoms. The molecule has 142 valence electrons. The zero-order valence-electron chi connectivity index (χ0n) is 15.2. The lowest BCUT2D eigenvalue weighted by Crippen LogP contribution is -2.44. The van der Waals surface area contributed by atoms with Crippen molar-refractivity contribution in [3.05, 3.63) is 18.0 Å². The van der Waals surface area contributed by atoms with Gasteiger partial charge in [-0.1, -0.05) is 19.0 Å². The standard InChI is InChI=1S/C16H25N7O3/c1-12(2)8-15-18-14(19-26-15)5-7-25-13-4-3-6-22(9-13)16(24)10-23-11-17-20-21-23/h11-13H,3-10H2,1-2H3.